The van der Waals surface area contributed by atoms with Crippen LogP contribution in [-0.2, 0) is 17.8 Å². The average molecular weight is 366 g/mol. The van der Waals surface area contributed by atoms with Gasteiger partial charge in [0.1, 0.15) is 11.5 Å². The zero-order valence-corrected chi connectivity index (χ0v) is 15.4. The van der Waals surface area contributed by atoms with Crippen molar-refractivity contribution in [3.05, 3.63) is 66.2 Å². The molecule has 27 heavy (non-hydrogen) atoms. The molecular weight excluding hydrogens is 344 g/mol. The molecule has 0 spiro atoms. The first-order valence-corrected chi connectivity index (χ1v) is 8.64. The number of nitrogens with zero attached hydrogens (tertiary/aromatic N) is 1. The number of amides is 1. The lowest BCUT2D eigenvalue weighted by molar-refractivity contribution is -0.121. The van der Waals surface area contributed by atoms with Gasteiger partial charge in [-0.15, -0.1) is 0 Å². The summed E-state index contributed by atoms with van der Waals surface area (Å²) in [5.74, 6) is 1.43. The van der Waals surface area contributed by atoms with Crippen molar-refractivity contribution in [2.24, 2.45) is 0 Å². The summed E-state index contributed by atoms with van der Waals surface area (Å²) >= 11 is 0. The number of aromatic nitrogens is 1. The lowest BCUT2D eigenvalue weighted by Gasteiger charge is -2.10. The molecule has 6 heteroatoms. The molecule has 2 heterocycles. The van der Waals surface area contributed by atoms with Crippen LogP contribution in [0.2, 0.25) is 0 Å². The smallest absolute Gasteiger partial charge is 0.220 e. The van der Waals surface area contributed by atoms with Crippen LogP contribution in [0.1, 0.15) is 17.5 Å². The number of rotatable bonds is 8. The molecule has 0 aliphatic carbocycles. The van der Waals surface area contributed by atoms with E-state index < -0.39 is 0 Å². The Kier molecular flexibility index (Phi) is 6.10. The molecule has 0 aliphatic rings. The molecule has 2 aromatic heterocycles. The zero-order chi connectivity index (χ0) is 19.1. The van der Waals surface area contributed by atoms with E-state index in [1.165, 1.54) is 0 Å². The van der Waals surface area contributed by atoms with Gasteiger partial charge >= 0.3 is 0 Å². The van der Waals surface area contributed by atoms with Gasteiger partial charge in [-0.05, 0) is 35.7 Å². The summed E-state index contributed by atoms with van der Waals surface area (Å²) in [5.41, 5.74) is 3.68. The summed E-state index contributed by atoms with van der Waals surface area (Å²) in [7, 11) is 3.22. The van der Waals surface area contributed by atoms with E-state index in [1.54, 1.807) is 32.9 Å². The Balaban J connectivity index is 1.50. The maximum Gasteiger partial charge on any atom is 0.220 e. The molecule has 0 fully saturated rings. The molecule has 140 valence electrons. The second-order valence-corrected chi connectivity index (χ2v) is 6.02. The minimum Gasteiger partial charge on any atom is -0.497 e. The Morgan fingerprint density at radius 2 is 2.04 bits per heavy atom. The number of aryl methyl sites for hydroxylation is 1. The molecule has 1 aromatic carbocycles. The second kappa shape index (κ2) is 8.89. The molecule has 0 unspecified atom stereocenters. The zero-order valence-electron chi connectivity index (χ0n) is 15.4. The van der Waals surface area contributed by atoms with Crippen molar-refractivity contribution in [3.63, 3.8) is 0 Å². The lowest BCUT2D eigenvalue weighted by Crippen LogP contribution is -2.23. The average Bonchev–Trinajstić information content (AvgIpc) is 3.25. The van der Waals surface area contributed by atoms with Crippen molar-refractivity contribution in [2.75, 3.05) is 14.2 Å². The SMILES string of the molecule is COc1ccc(CCC(=O)NCc2ccc(-c3ccoc3)nc2)c(OC)c1. The van der Waals surface area contributed by atoms with E-state index in [0.717, 1.165) is 33.9 Å². The normalized spacial score (nSPS) is 10.4. The largest absolute Gasteiger partial charge is 0.497 e. The highest BCUT2D eigenvalue weighted by molar-refractivity contribution is 5.76. The Labute approximate surface area is 158 Å². The molecule has 1 amide bonds. The number of nitrogens with one attached hydrogen (secondary N) is 1. The van der Waals surface area contributed by atoms with Gasteiger partial charge in [-0.2, -0.15) is 0 Å². The highest BCUT2D eigenvalue weighted by Crippen LogP contribution is 2.25. The highest BCUT2D eigenvalue weighted by atomic mass is 16.5. The van der Waals surface area contributed by atoms with Crippen molar-refractivity contribution in [3.8, 4) is 22.8 Å². The predicted octanol–water partition coefficient (Wildman–Crippen LogP) is 3.61. The van der Waals surface area contributed by atoms with E-state index in [1.807, 2.05) is 36.4 Å². The summed E-state index contributed by atoms with van der Waals surface area (Å²) < 4.78 is 15.6. The third-order valence-electron chi connectivity index (χ3n) is 4.25. The van der Waals surface area contributed by atoms with Gasteiger partial charge in [-0.25, -0.2) is 0 Å². The Hall–Kier alpha value is -3.28. The fraction of sp³-hybridized carbons (Fsp3) is 0.238. The highest BCUT2D eigenvalue weighted by Gasteiger charge is 2.08. The van der Waals surface area contributed by atoms with Gasteiger partial charge < -0.3 is 19.2 Å². The third kappa shape index (κ3) is 4.88. The first kappa shape index (κ1) is 18.5. The van der Waals surface area contributed by atoms with Crippen molar-refractivity contribution >= 4 is 5.91 Å². The summed E-state index contributed by atoms with van der Waals surface area (Å²) in [6, 6.07) is 11.3. The predicted molar refractivity (Wildman–Crippen MR) is 102 cm³/mol. The van der Waals surface area contributed by atoms with Crippen LogP contribution in [0.3, 0.4) is 0 Å². The Morgan fingerprint density at radius 1 is 1.15 bits per heavy atom. The van der Waals surface area contributed by atoms with E-state index >= 15 is 0 Å². The molecule has 6 nitrogen and oxygen atoms in total. The van der Waals surface area contributed by atoms with Gasteiger partial charge in [0.2, 0.25) is 5.91 Å². The van der Waals surface area contributed by atoms with Crippen LogP contribution < -0.4 is 14.8 Å². The van der Waals surface area contributed by atoms with Crippen molar-refractivity contribution < 1.29 is 18.7 Å². The van der Waals surface area contributed by atoms with Gasteiger partial charge in [-0.3, -0.25) is 9.78 Å². The molecule has 0 saturated carbocycles. The van der Waals surface area contributed by atoms with Crippen LogP contribution in [0.4, 0.5) is 0 Å². The second-order valence-electron chi connectivity index (χ2n) is 6.02. The third-order valence-corrected chi connectivity index (χ3v) is 4.25. The van der Waals surface area contributed by atoms with Crippen molar-refractivity contribution in [1.29, 1.82) is 0 Å². The molecule has 0 radical (unpaired) electrons. The number of hydrogen-bond donors (Lipinski definition) is 1. The Morgan fingerprint density at radius 3 is 2.70 bits per heavy atom. The van der Waals surface area contributed by atoms with Crippen molar-refractivity contribution in [1.82, 2.24) is 10.3 Å². The fourth-order valence-corrected chi connectivity index (χ4v) is 2.71. The number of hydrogen-bond acceptors (Lipinski definition) is 5. The van der Waals surface area contributed by atoms with Crippen LogP contribution in [0.5, 0.6) is 11.5 Å². The Bertz CT molecular complexity index is 874. The van der Waals surface area contributed by atoms with Gasteiger partial charge in [0, 0.05) is 30.8 Å². The van der Waals surface area contributed by atoms with E-state index in [4.69, 9.17) is 13.9 Å². The molecule has 3 rings (SSSR count). The van der Waals surface area contributed by atoms with E-state index in [-0.39, 0.29) is 5.91 Å². The summed E-state index contributed by atoms with van der Waals surface area (Å²) in [5, 5.41) is 2.92. The number of carbonyl (C=O) groups is 1. The molecule has 0 bridgehead atoms. The monoisotopic (exact) mass is 366 g/mol. The summed E-state index contributed by atoms with van der Waals surface area (Å²) in [4.78, 5) is 16.5. The quantitative estimate of drug-likeness (QED) is 0.659. The molecule has 3 aromatic rings. The van der Waals surface area contributed by atoms with E-state index in [2.05, 4.69) is 10.3 Å². The minimum absolute atomic E-state index is 0.0215. The number of pyridine rings is 1. The van der Waals surface area contributed by atoms with Gasteiger partial charge in [0.05, 0.1) is 32.4 Å². The molecule has 0 atom stereocenters. The number of furan rings is 1. The lowest BCUT2D eigenvalue weighted by atomic mass is 10.1. The van der Waals surface area contributed by atoms with Gasteiger partial charge in [0.25, 0.3) is 0 Å². The fourth-order valence-electron chi connectivity index (χ4n) is 2.71. The topological polar surface area (TPSA) is 73.6 Å². The van der Waals surface area contributed by atoms with Crippen molar-refractivity contribution in [2.45, 2.75) is 19.4 Å². The number of methoxy groups -OCH3 is 2. The number of ether oxygens (including phenoxy) is 2. The molecular formula is C21H22N2O4. The van der Waals surface area contributed by atoms with Gasteiger partial charge in [-0.1, -0.05) is 12.1 Å². The summed E-state index contributed by atoms with van der Waals surface area (Å²) in [6.07, 6.45) is 6.00. The van der Waals surface area contributed by atoms with Gasteiger partial charge in [0.15, 0.2) is 0 Å². The van der Waals surface area contributed by atoms with Crippen LogP contribution in [0.15, 0.2) is 59.5 Å². The van der Waals surface area contributed by atoms with Crippen LogP contribution in [-0.4, -0.2) is 25.1 Å². The standard InChI is InChI=1S/C21H22N2O4/c1-25-18-6-4-16(20(11-18)26-2)5-8-21(24)23-13-15-3-7-19(22-12-15)17-9-10-27-14-17/h3-4,6-7,9-12,14H,5,8,13H2,1-2H3,(H,23,24). The summed E-state index contributed by atoms with van der Waals surface area (Å²) in [6.45, 7) is 0.442. The molecule has 1 N–H and O–H groups in total. The van der Waals surface area contributed by atoms with Crippen LogP contribution >= 0.6 is 0 Å². The number of carbonyl (C=O) groups excluding carboxylic acids is 1. The number of benzene rings is 1. The first-order valence-electron chi connectivity index (χ1n) is 8.64. The van der Waals surface area contributed by atoms with Crippen LogP contribution in [0, 0.1) is 0 Å². The minimum atomic E-state index is -0.0215. The molecule has 0 aliphatic heterocycles. The van der Waals surface area contributed by atoms with E-state index in [0.29, 0.717) is 19.4 Å². The van der Waals surface area contributed by atoms with Crippen LogP contribution in [0.25, 0.3) is 11.3 Å². The molecule has 0 saturated heterocycles. The first-order chi connectivity index (χ1) is 13.2. The maximum atomic E-state index is 12.2. The maximum absolute atomic E-state index is 12.2. The van der Waals surface area contributed by atoms with E-state index in [9.17, 15) is 4.79 Å².